The lowest BCUT2D eigenvalue weighted by Gasteiger charge is -2.15. The van der Waals surface area contributed by atoms with Gasteiger partial charge in [0, 0.05) is 29.8 Å². The van der Waals surface area contributed by atoms with Gasteiger partial charge in [0.15, 0.2) is 0 Å². The van der Waals surface area contributed by atoms with E-state index in [1.54, 1.807) is 6.08 Å². The van der Waals surface area contributed by atoms with Gasteiger partial charge in [-0.15, -0.1) is 11.3 Å². The Morgan fingerprint density at radius 2 is 1.95 bits per heavy atom. The summed E-state index contributed by atoms with van der Waals surface area (Å²) in [6, 6.07) is 17.4. The largest absolute Gasteiger partial charge is 0.376 e. The van der Waals surface area contributed by atoms with Crippen molar-refractivity contribution in [2.24, 2.45) is 0 Å². The zero-order chi connectivity index (χ0) is 27.5. The normalized spacial score (nSPS) is 16.9. The quantitative estimate of drug-likeness (QED) is 0.236. The van der Waals surface area contributed by atoms with E-state index in [1.807, 2.05) is 59.1 Å². The third-order valence-corrected chi connectivity index (χ3v) is 8.61. The predicted octanol–water partition coefficient (Wildman–Crippen LogP) is 5.40. The standard InChI is InChI=1S/C31H29N5O3S/c32-18-21(17-24-28(20-9-2-1-3-10-20)34-26-14-6-7-15-36(24)26)29(37)35-31-27(23-12-4-5-13-25(23)40-31)30(38)33-19-22-11-8-16-39-22/h1-3,6-7,9-10,14-15,17,22H,4-5,8,11-13,16,19H2,(H,33,38)(H,35,37)/b21-17+. The van der Waals surface area contributed by atoms with Crippen LogP contribution in [0.3, 0.4) is 0 Å². The van der Waals surface area contributed by atoms with Crippen LogP contribution in [0.4, 0.5) is 5.00 Å². The zero-order valence-corrected chi connectivity index (χ0v) is 22.8. The number of ether oxygens (including phenoxy) is 1. The second-order valence-corrected chi connectivity index (χ2v) is 11.1. The molecule has 1 atom stereocenters. The maximum Gasteiger partial charge on any atom is 0.267 e. The molecule has 0 radical (unpaired) electrons. The van der Waals surface area contributed by atoms with Crippen molar-refractivity contribution in [2.75, 3.05) is 18.5 Å². The predicted molar refractivity (Wildman–Crippen MR) is 155 cm³/mol. The Morgan fingerprint density at radius 3 is 2.75 bits per heavy atom. The maximum absolute atomic E-state index is 13.5. The first-order valence-electron chi connectivity index (χ1n) is 13.6. The van der Waals surface area contributed by atoms with Crippen LogP contribution < -0.4 is 10.6 Å². The molecule has 2 N–H and O–H groups in total. The van der Waals surface area contributed by atoms with Crippen LogP contribution in [0, 0.1) is 11.3 Å². The fourth-order valence-corrected chi connectivity index (χ4v) is 6.69. The number of benzene rings is 1. The SMILES string of the molecule is N#C/C(=C\c1c(-c2ccccc2)nc2ccccn12)C(=O)Nc1sc2c(c1C(=O)NCC1CCCO1)CCCC2. The first-order valence-corrected chi connectivity index (χ1v) is 14.4. The highest BCUT2D eigenvalue weighted by Gasteiger charge is 2.28. The van der Waals surface area contributed by atoms with E-state index in [9.17, 15) is 14.9 Å². The summed E-state index contributed by atoms with van der Waals surface area (Å²) in [5.41, 5.74) is 4.35. The van der Waals surface area contributed by atoms with Crippen molar-refractivity contribution in [3.05, 3.63) is 82.0 Å². The van der Waals surface area contributed by atoms with Gasteiger partial charge in [0.25, 0.3) is 11.8 Å². The molecule has 2 amide bonds. The van der Waals surface area contributed by atoms with E-state index >= 15 is 0 Å². The number of imidazole rings is 1. The number of amides is 2. The summed E-state index contributed by atoms with van der Waals surface area (Å²) >= 11 is 1.44. The van der Waals surface area contributed by atoms with Gasteiger partial charge < -0.3 is 15.4 Å². The molecule has 6 rings (SSSR count). The average Bonchev–Trinajstić information content (AvgIpc) is 3.72. The number of carbonyl (C=O) groups excluding carboxylic acids is 2. The Hall–Kier alpha value is -4.26. The van der Waals surface area contributed by atoms with Crippen LogP contribution in [0.25, 0.3) is 23.0 Å². The molecule has 0 spiro atoms. The molecule has 202 valence electrons. The van der Waals surface area contributed by atoms with E-state index in [0.717, 1.165) is 61.1 Å². The van der Waals surface area contributed by atoms with Gasteiger partial charge in [-0.2, -0.15) is 5.26 Å². The lowest BCUT2D eigenvalue weighted by molar-refractivity contribution is -0.112. The summed E-state index contributed by atoms with van der Waals surface area (Å²) in [6.07, 6.45) is 9.11. The molecular formula is C31H29N5O3S. The minimum absolute atomic E-state index is 0.0221. The van der Waals surface area contributed by atoms with Gasteiger partial charge >= 0.3 is 0 Å². The number of rotatable bonds is 7. The van der Waals surface area contributed by atoms with Crippen molar-refractivity contribution >= 4 is 39.9 Å². The number of aromatic nitrogens is 2. The minimum atomic E-state index is -0.556. The summed E-state index contributed by atoms with van der Waals surface area (Å²) in [7, 11) is 0. The summed E-state index contributed by atoms with van der Waals surface area (Å²) in [5.74, 6) is -0.764. The molecular weight excluding hydrogens is 522 g/mol. The number of aryl methyl sites for hydroxylation is 1. The van der Waals surface area contributed by atoms with Crippen LogP contribution in [0.1, 0.15) is 52.2 Å². The summed E-state index contributed by atoms with van der Waals surface area (Å²) < 4.78 is 7.53. The number of carbonyl (C=O) groups is 2. The number of nitrogens with one attached hydrogen (secondary N) is 2. The molecule has 0 saturated carbocycles. The number of nitriles is 1. The van der Waals surface area contributed by atoms with Crippen molar-refractivity contribution in [3.8, 4) is 17.3 Å². The van der Waals surface area contributed by atoms with Crippen molar-refractivity contribution < 1.29 is 14.3 Å². The Balaban J connectivity index is 1.33. The van der Waals surface area contributed by atoms with Gasteiger partial charge in [-0.1, -0.05) is 36.4 Å². The van der Waals surface area contributed by atoms with E-state index in [1.165, 1.54) is 11.3 Å². The summed E-state index contributed by atoms with van der Waals surface area (Å²) in [4.78, 5) is 32.8. The van der Waals surface area contributed by atoms with Crippen LogP contribution in [0.5, 0.6) is 0 Å². The highest BCUT2D eigenvalue weighted by atomic mass is 32.1. The van der Waals surface area contributed by atoms with Crippen molar-refractivity contribution in [1.82, 2.24) is 14.7 Å². The lowest BCUT2D eigenvalue weighted by Crippen LogP contribution is -2.32. The molecule has 4 heterocycles. The molecule has 8 nitrogen and oxygen atoms in total. The first-order chi connectivity index (χ1) is 19.6. The molecule has 4 aromatic rings. The Labute approximate surface area is 236 Å². The number of anilines is 1. The topological polar surface area (TPSA) is 109 Å². The molecule has 1 unspecified atom stereocenters. The third kappa shape index (κ3) is 5.16. The number of fused-ring (bicyclic) bond motifs is 2. The van der Waals surface area contributed by atoms with Gasteiger partial charge in [-0.05, 0) is 62.3 Å². The van der Waals surface area contributed by atoms with Crippen molar-refractivity contribution in [1.29, 1.82) is 5.26 Å². The van der Waals surface area contributed by atoms with Crippen LogP contribution in [0.2, 0.25) is 0 Å². The van der Waals surface area contributed by atoms with Crippen LogP contribution in [0.15, 0.2) is 60.3 Å². The third-order valence-electron chi connectivity index (χ3n) is 7.40. The molecule has 1 aliphatic carbocycles. The van der Waals surface area contributed by atoms with Gasteiger partial charge in [0.05, 0.1) is 23.1 Å². The number of hydrogen-bond acceptors (Lipinski definition) is 6. The van der Waals surface area contributed by atoms with Gasteiger partial charge in [-0.25, -0.2) is 4.98 Å². The molecule has 1 fully saturated rings. The molecule has 3 aromatic heterocycles. The molecule has 1 aliphatic heterocycles. The molecule has 40 heavy (non-hydrogen) atoms. The zero-order valence-electron chi connectivity index (χ0n) is 22.0. The smallest absolute Gasteiger partial charge is 0.267 e. The van der Waals surface area contributed by atoms with E-state index in [0.29, 0.717) is 34.1 Å². The van der Waals surface area contributed by atoms with Crippen LogP contribution in [-0.4, -0.2) is 40.5 Å². The van der Waals surface area contributed by atoms with Crippen molar-refractivity contribution in [2.45, 2.75) is 44.6 Å². The van der Waals surface area contributed by atoms with Crippen molar-refractivity contribution in [3.63, 3.8) is 0 Å². The monoisotopic (exact) mass is 551 g/mol. The minimum Gasteiger partial charge on any atom is -0.376 e. The van der Waals surface area contributed by atoms with E-state index in [-0.39, 0.29) is 17.6 Å². The highest BCUT2D eigenvalue weighted by molar-refractivity contribution is 7.17. The summed E-state index contributed by atoms with van der Waals surface area (Å²) in [5, 5.41) is 16.5. The van der Waals surface area contributed by atoms with Gasteiger partial charge in [0.2, 0.25) is 0 Å². The Morgan fingerprint density at radius 1 is 1.12 bits per heavy atom. The molecule has 1 saturated heterocycles. The molecule has 1 aromatic carbocycles. The molecule has 9 heteroatoms. The van der Waals surface area contributed by atoms with Gasteiger partial charge in [0.1, 0.15) is 22.3 Å². The van der Waals surface area contributed by atoms with Crippen LogP contribution >= 0.6 is 11.3 Å². The lowest BCUT2D eigenvalue weighted by atomic mass is 9.95. The second-order valence-electron chi connectivity index (χ2n) is 10.0. The fourth-order valence-electron chi connectivity index (χ4n) is 5.41. The first kappa shape index (κ1) is 26.0. The second kappa shape index (κ2) is 11.5. The Kier molecular flexibility index (Phi) is 7.45. The van der Waals surface area contributed by atoms with E-state index < -0.39 is 5.91 Å². The fraction of sp³-hybridized carbons (Fsp3) is 0.290. The van der Waals surface area contributed by atoms with Gasteiger partial charge in [-0.3, -0.25) is 14.0 Å². The highest BCUT2D eigenvalue weighted by Crippen LogP contribution is 2.38. The maximum atomic E-state index is 13.5. The number of thiophene rings is 1. The Bertz CT molecular complexity index is 1640. The average molecular weight is 552 g/mol. The van der Waals surface area contributed by atoms with E-state index in [4.69, 9.17) is 9.72 Å². The number of pyridine rings is 1. The van der Waals surface area contributed by atoms with E-state index in [2.05, 4.69) is 16.7 Å². The van der Waals surface area contributed by atoms with Crippen LogP contribution in [-0.2, 0) is 22.4 Å². The summed E-state index contributed by atoms with van der Waals surface area (Å²) in [6.45, 7) is 1.16. The molecule has 2 aliphatic rings. The number of nitrogens with zero attached hydrogens (tertiary/aromatic N) is 3. The number of hydrogen-bond donors (Lipinski definition) is 2. The molecule has 0 bridgehead atoms.